The van der Waals surface area contributed by atoms with Gasteiger partial charge in [-0.1, -0.05) is 360 Å². The molecular formula is C74H146NO8P. The molecule has 0 aliphatic rings. The largest absolute Gasteiger partial charge is 0.756 e. The summed E-state index contributed by atoms with van der Waals surface area (Å²) in [7, 11) is 1.19. The molecule has 0 rings (SSSR count). The van der Waals surface area contributed by atoms with Gasteiger partial charge in [0.05, 0.1) is 27.7 Å². The molecule has 0 saturated heterocycles. The molecule has 0 aliphatic heterocycles. The first-order chi connectivity index (χ1) is 41.0. The van der Waals surface area contributed by atoms with Crippen LogP contribution >= 0.6 is 7.82 Å². The zero-order valence-electron chi connectivity index (χ0n) is 57.1. The van der Waals surface area contributed by atoms with Gasteiger partial charge in [-0.15, -0.1) is 0 Å². The van der Waals surface area contributed by atoms with E-state index in [-0.39, 0.29) is 32.0 Å². The van der Waals surface area contributed by atoms with Crippen molar-refractivity contribution in [1.29, 1.82) is 0 Å². The molecule has 0 bridgehead atoms. The number of hydrogen-bond donors (Lipinski definition) is 0. The third kappa shape index (κ3) is 69.8. The van der Waals surface area contributed by atoms with Gasteiger partial charge in [-0.2, -0.15) is 0 Å². The second-order valence-electron chi connectivity index (χ2n) is 27.0. The standard InChI is InChI=1S/C74H146NO8P/c1-6-8-10-12-14-16-18-20-22-24-26-28-30-31-32-33-34-35-36-37-38-39-40-41-42-43-45-46-48-50-52-54-56-58-60-62-64-66-73(76)80-70-72(71-82-84(78,79)81-69-68-75(3,4)5)83-74(77)67-65-63-61-59-57-55-53-51-49-47-44-29-27-25-23-21-19-17-15-13-11-9-7-2/h25,27,72H,6-24,26,28-71H2,1-5H3/b27-25-. The van der Waals surface area contributed by atoms with Crippen LogP contribution in [-0.4, -0.2) is 70.0 Å². The van der Waals surface area contributed by atoms with Gasteiger partial charge >= 0.3 is 11.9 Å². The topological polar surface area (TPSA) is 111 Å². The minimum Gasteiger partial charge on any atom is -0.756 e. The number of allylic oxidation sites excluding steroid dienone is 2. The van der Waals surface area contributed by atoms with Gasteiger partial charge in [0.1, 0.15) is 19.8 Å². The number of carbonyl (C=O) groups excluding carboxylic acids is 2. The Labute approximate surface area is 524 Å². The van der Waals surface area contributed by atoms with Gasteiger partial charge < -0.3 is 27.9 Å². The third-order valence-corrected chi connectivity index (χ3v) is 18.2. The van der Waals surface area contributed by atoms with E-state index in [2.05, 4.69) is 26.0 Å². The van der Waals surface area contributed by atoms with Crippen molar-refractivity contribution < 1.29 is 42.1 Å². The monoisotopic (exact) mass is 1210 g/mol. The molecule has 0 heterocycles. The summed E-state index contributed by atoms with van der Waals surface area (Å²) in [5.41, 5.74) is 0. The van der Waals surface area contributed by atoms with Gasteiger partial charge in [0.15, 0.2) is 6.10 Å². The van der Waals surface area contributed by atoms with Crippen LogP contribution in [-0.2, 0) is 32.7 Å². The Bertz CT molecular complexity index is 1420. The van der Waals surface area contributed by atoms with E-state index in [0.717, 1.165) is 38.5 Å². The number of unbranched alkanes of at least 4 members (excludes halogenated alkanes) is 55. The molecule has 0 aromatic rings. The molecule has 0 radical (unpaired) electrons. The summed E-state index contributed by atoms with van der Waals surface area (Å²) in [4.78, 5) is 38.1. The molecule has 0 aromatic heterocycles. The fourth-order valence-electron chi connectivity index (χ4n) is 11.5. The Kier molecular flexibility index (Phi) is 65.2. The van der Waals surface area contributed by atoms with E-state index in [4.69, 9.17) is 18.5 Å². The molecule has 500 valence electrons. The maximum Gasteiger partial charge on any atom is 0.306 e. The molecule has 10 heteroatoms. The van der Waals surface area contributed by atoms with E-state index in [1.807, 2.05) is 21.1 Å². The van der Waals surface area contributed by atoms with Gasteiger partial charge in [-0.25, -0.2) is 0 Å². The predicted molar refractivity (Wildman–Crippen MR) is 361 cm³/mol. The molecule has 0 aromatic carbocycles. The first kappa shape index (κ1) is 82.8. The zero-order chi connectivity index (χ0) is 61.2. The fraction of sp³-hybridized carbons (Fsp3) is 0.946. The lowest BCUT2D eigenvalue weighted by Crippen LogP contribution is -2.37. The summed E-state index contributed by atoms with van der Waals surface area (Å²) < 4.78 is 34.3. The summed E-state index contributed by atoms with van der Waals surface area (Å²) in [6.45, 7) is 4.32. The van der Waals surface area contributed by atoms with Crippen molar-refractivity contribution in [2.24, 2.45) is 0 Å². The Balaban J connectivity index is 3.89. The highest BCUT2D eigenvalue weighted by atomic mass is 31.2. The summed E-state index contributed by atoms with van der Waals surface area (Å²) >= 11 is 0. The second-order valence-corrected chi connectivity index (χ2v) is 28.4. The van der Waals surface area contributed by atoms with E-state index in [1.165, 1.54) is 327 Å². The Morgan fingerprint density at radius 3 is 0.881 bits per heavy atom. The molecule has 0 aliphatic carbocycles. The van der Waals surface area contributed by atoms with E-state index in [9.17, 15) is 19.0 Å². The molecule has 0 saturated carbocycles. The van der Waals surface area contributed by atoms with Gasteiger partial charge in [0, 0.05) is 12.8 Å². The molecule has 0 fully saturated rings. The summed E-state index contributed by atoms with van der Waals surface area (Å²) in [5, 5.41) is 0. The molecule has 2 atom stereocenters. The van der Waals surface area contributed by atoms with Crippen molar-refractivity contribution >= 4 is 19.8 Å². The molecule has 84 heavy (non-hydrogen) atoms. The average molecular weight is 1210 g/mol. The normalized spacial score (nSPS) is 13.1. The average Bonchev–Trinajstić information content (AvgIpc) is 3.61. The number of rotatable bonds is 71. The molecule has 0 N–H and O–H groups in total. The van der Waals surface area contributed by atoms with Crippen LogP contribution < -0.4 is 4.89 Å². The molecule has 2 unspecified atom stereocenters. The molecule has 0 amide bonds. The van der Waals surface area contributed by atoms with Gasteiger partial charge in [-0.3, -0.25) is 14.2 Å². The van der Waals surface area contributed by atoms with Crippen LogP contribution in [0.3, 0.4) is 0 Å². The summed E-state index contributed by atoms with van der Waals surface area (Å²) in [6, 6.07) is 0. The van der Waals surface area contributed by atoms with E-state index in [0.29, 0.717) is 17.4 Å². The predicted octanol–water partition coefficient (Wildman–Crippen LogP) is 23.7. The summed E-state index contributed by atoms with van der Waals surface area (Å²) in [5.74, 6) is -0.809. The van der Waals surface area contributed by atoms with E-state index >= 15 is 0 Å². The first-order valence-corrected chi connectivity index (χ1v) is 38.9. The molecule has 0 spiro atoms. The number of phosphoric ester groups is 1. The number of esters is 2. The highest BCUT2D eigenvalue weighted by molar-refractivity contribution is 7.45. The number of carbonyl (C=O) groups is 2. The van der Waals surface area contributed by atoms with Crippen molar-refractivity contribution in [3.05, 3.63) is 12.2 Å². The van der Waals surface area contributed by atoms with Crippen molar-refractivity contribution in [3.8, 4) is 0 Å². The Morgan fingerprint density at radius 1 is 0.357 bits per heavy atom. The lowest BCUT2D eigenvalue weighted by atomic mass is 10.0. The molecule has 9 nitrogen and oxygen atoms in total. The van der Waals surface area contributed by atoms with Crippen LogP contribution in [0.4, 0.5) is 0 Å². The van der Waals surface area contributed by atoms with Crippen LogP contribution in [0.15, 0.2) is 12.2 Å². The van der Waals surface area contributed by atoms with Gasteiger partial charge in [-0.05, 0) is 38.5 Å². The fourth-order valence-corrected chi connectivity index (χ4v) is 12.3. The van der Waals surface area contributed by atoms with E-state index in [1.54, 1.807) is 0 Å². The maximum atomic E-state index is 12.9. The minimum absolute atomic E-state index is 0.0267. The number of phosphoric acid groups is 1. The number of hydrogen-bond acceptors (Lipinski definition) is 8. The number of ether oxygens (including phenoxy) is 2. The Morgan fingerprint density at radius 2 is 0.607 bits per heavy atom. The zero-order valence-corrected chi connectivity index (χ0v) is 58.0. The smallest absolute Gasteiger partial charge is 0.306 e. The van der Waals surface area contributed by atoms with Crippen molar-refractivity contribution in [1.82, 2.24) is 0 Å². The van der Waals surface area contributed by atoms with Crippen molar-refractivity contribution in [3.63, 3.8) is 0 Å². The van der Waals surface area contributed by atoms with Crippen LogP contribution in [0.1, 0.15) is 399 Å². The second kappa shape index (κ2) is 66.2. The quantitative estimate of drug-likeness (QED) is 0.0195. The third-order valence-electron chi connectivity index (χ3n) is 17.3. The first-order valence-electron chi connectivity index (χ1n) is 37.4. The lowest BCUT2D eigenvalue weighted by molar-refractivity contribution is -0.870. The van der Waals surface area contributed by atoms with Crippen LogP contribution in [0.5, 0.6) is 0 Å². The van der Waals surface area contributed by atoms with Crippen LogP contribution in [0.25, 0.3) is 0 Å². The summed E-state index contributed by atoms with van der Waals surface area (Å²) in [6.07, 6.45) is 81.9. The lowest BCUT2D eigenvalue weighted by Gasteiger charge is -2.28. The highest BCUT2D eigenvalue weighted by Crippen LogP contribution is 2.38. The maximum absolute atomic E-state index is 12.9. The Hall–Kier alpha value is -1.25. The van der Waals surface area contributed by atoms with Crippen molar-refractivity contribution in [2.75, 3.05) is 47.5 Å². The number of nitrogens with zero attached hydrogens (tertiary/aromatic N) is 1. The van der Waals surface area contributed by atoms with Crippen LogP contribution in [0, 0.1) is 0 Å². The van der Waals surface area contributed by atoms with E-state index < -0.39 is 26.5 Å². The van der Waals surface area contributed by atoms with Gasteiger partial charge in [0.25, 0.3) is 7.82 Å². The van der Waals surface area contributed by atoms with Gasteiger partial charge in [0.2, 0.25) is 0 Å². The highest BCUT2D eigenvalue weighted by Gasteiger charge is 2.22. The number of likely N-dealkylation sites (N-methyl/N-ethyl adjacent to an activating group) is 1. The SMILES string of the molecule is CCCCCCCCCC/C=C\CCCCCCCCCCCCCC(=O)OC(COC(=O)CCCCCCCCCCCCCCCCCCCCCCCCCCCCCCCCCCCCCCC)COP(=O)([O-])OCC[N+](C)(C)C. The van der Waals surface area contributed by atoms with Crippen molar-refractivity contribution in [2.45, 2.75) is 405 Å². The minimum atomic E-state index is -4.64. The number of quaternary nitrogens is 1. The molecular weight excluding hydrogens is 1060 g/mol. The van der Waals surface area contributed by atoms with Crippen LogP contribution in [0.2, 0.25) is 0 Å².